The van der Waals surface area contributed by atoms with Crippen LogP contribution in [-0.2, 0) is 29.9 Å². The van der Waals surface area contributed by atoms with Crippen LogP contribution in [0.2, 0.25) is 0 Å². The topological polar surface area (TPSA) is 71.1 Å². The summed E-state index contributed by atoms with van der Waals surface area (Å²) in [6.07, 6.45) is 32.0. The minimum atomic E-state index is -0.382. The number of fused-ring (bicyclic) bond motifs is 2. The Labute approximate surface area is 520 Å². The zero-order valence-electron chi connectivity index (χ0n) is 52.4. The number of aryl methyl sites for hydroxylation is 1. The van der Waals surface area contributed by atoms with Gasteiger partial charge >= 0.3 is 11.9 Å². The molecule has 456 valence electrons. The van der Waals surface area contributed by atoms with E-state index >= 15 is 0 Å². The third-order valence-electron chi connectivity index (χ3n) is 16.7. The summed E-state index contributed by atoms with van der Waals surface area (Å²) in [5.74, 6) is 1.55. The van der Waals surface area contributed by atoms with Crippen molar-refractivity contribution in [3.05, 3.63) is 193 Å². The van der Waals surface area contributed by atoms with Gasteiger partial charge in [-0.3, -0.25) is 9.59 Å². The van der Waals surface area contributed by atoms with Gasteiger partial charge in [0.05, 0.1) is 13.2 Å². The highest BCUT2D eigenvalue weighted by Gasteiger charge is 2.46. The third kappa shape index (κ3) is 21.0. The molecule has 85 heavy (non-hydrogen) atoms. The molecule has 6 aromatic rings. The summed E-state index contributed by atoms with van der Waals surface area (Å²) in [4.78, 5) is 27.4. The van der Waals surface area contributed by atoms with E-state index in [2.05, 4.69) is 176 Å². The Hall–Kier alpha value is -6.22. The first-order chi connectivity index (χ1) is 41.4. The molecule has 1 aliphatic carbocycles. The fourth-order valence-corrected chi connectivity index (χ4v) is 13.5. The van der Waals surface area contributed by atoms with Gasteiger partial charge in [-0.15, -0.1) is 22.7 Å². The molecule has 0 radical (unpaired) electrons. The minimum absolute atomic E-state index is 0.0616. The van der Waals surface area contributed by atoms with Crippen molar-refractivity contribution in [1.82, 2.24) is 0 Å². The van der Waals surface area contributed by atoms with Crippen LogP contribution < -0.4 is 9.47 Å². The first-order valence-electron chi connectivity index (χ1n) is 32.2. The lowest BCUT2D eigenvalue weighted by Crippen LogP contribution is -2.40. The smallest absolute Gasteiger partial charge is 0.306 e. The molecular weight excluding hydrogens is 1080 g/mol. The normalized spacial score (nSPS) is 12.8. The number of rotatable bonds is 39. The van der Waals surface area contributed by atoms with Crippen LogP contribution in [0.1, 0.15) is 210 Å². The quantitative estimate of drug-likeness (QED) is 0.0218. The SMILES string of the molecule is C=CC(C=C)OC(=O)CCCCCCCCCCOc1ccc(-c2ccc(-c3ccc4c(c3)C(C)(C)c3ccc(C)cc3C4(CCCC)CCCC)s2)cc1.C=CC(C=C)OC(=O)CCCCCCCCCCOc1ccc(-c2cccs2)cc1. The van der Waals surface area contributed by atoms with Crippen molar-refractivity contribution < 1.29 is 28.5 Å². The molecule has 6 nitrogen and oxygen atoms in total. The summed E-state index contributed by atoms with van der Waals surface area (Å²) in [5, 5.41) is 2.10. The Kier molecular flexibility index (Phi) is 29.3. The summed E-state index contributed by atoms with van der Waals surface area (Å²) < 4.78 is 22.4. The molecule has 0 bridgehead atoms. The lowest BCUT2D eigenvalue weighted by atomic mass is 9.55. The number of unbranched alkanes of at least 4 members (excludes halogenated alkanes) is 16. The van der Waals surface area contributed by atoms with Gasteiger partial charge in [0.2, 0.25) is 0 Å². The van der Waals surface area contributed by atoms with Crippen molar-refractivity contribution in [1.29, 1.82) is 0 Å². The third-order valence-corrected chi connectivity index (χ3v) is 18.8. The second kappa shape index (κ2) is 36.7. The van der Waals surface area contributed by atoms with Crippen LogP contribution in [-0.4, -0.2) is 37.4 Å². The largest absolute Gasteiger partial charge is 0.494 e. The number of carbonyl (C=O) groups excluding carboxylic acids is 2. The predicted octanol–water partition coefficient (Wildman–Crippen LogP) is 22.5. The molecule has 2 heterocycles. The van der Waals surface area contributed by atoms with Crippen LogP contribution in [0.15, 0.2) is 165 Å². The maximum Gasteiger partial charge on any atom is 0.306 e. The molecule has 0 amide bonds. The minimum Gasteiger partial charge on any atom is -0.494 e. The van der Waals surface area contributed by atoms with Gasteiger partial charge in [-0.25, -0.2) is 0 Å². The number of hydrogen-bond donors (Lipinski definition) is 0. The van der Waals surface area contributed by atoms with Crippen LogP contribution >= 0.6 is 22.7 Å². The summed E-state index contributed by atoms with van der Waals surface area (Å²) in [6, 6.07) is 40.5. The Morgan fingerprint density at radius 1 is 0.471 bits per heavy atom. The van der Waals surface area contributed by atoms with E-state index in [1.54, 1.807) is 46.8 Å². The number of ether oxygens (including phenoxy) is 4. The van der Waals surface area contributed by atoms with Crippen LogP contribution in [0.4, 0.5) is 0 Å². The lowest BCUT2D eigenvalue weighted by molar-refractivity contribution is -0.146. The first kappa shape index (κ1) is 67.9. The average molecular weight is 1190 g/mol. The highest BCUT2D eigenvalue weighted by atomic mass is 32.1. The van der Waals surface area contributed by atoms with E-state index in [0.717, 1.165) is 69.7 Å². The molecule has 0 aliphatic heterocycles. The maximum absolute atomic E-state index is 11.9. The molecule has 1 aliphatic rings. The summed E-state index contributed by atoms with van der Waals surface area (Å²) in [6.45, 7) is 27.9. The van der Waals surface area contributed by atoms with Gasteiger partial charge in [0, 0.05) is 38.3 Å². The van der Waals surface area contributed by atoms with E-state index < -0.39 is 0 Å². The van der Waals surface area contributed by atoms with Gasteiger partial charge in [0.25, 0.3) is 0 Å². The van der Waals surface area contributed by atoms with E-state index in [9.17, 15) is 9.59 Å². The molecule has 2 aromatic heterocycles. The van der Waals surface area contributed by atoms with Crippen molar-refractivity contribution in [2.24, 2.45) is 0 Å². The number of hydrogen-bond acceptors (Lipinski definition) is 8. The number of thiophene rings is 2. The van der Waals surface area contributed by atoms with Crippen LogP contribution in [0.5, 0.6) is 11.5 Å². The van der Waals surface area contributed by atoms with Gasteiger partial charge in [-0.2, -0.15) is 0 Å². The van der Waals surface area contributed by atoms with Gasteiger partial charge < -0.3 is 18.9 Å². The number of esters is 2. The molecule has 0 saturated carbocycles. The highest BCUT2D eigenvalue weighted by molar-refractivity contribution is 7.18. The van der Waals surface area contributed by atoms with Crippen LogP contribution in [0.3, 0.4) is 0 Å². The molecule has 4 aromatic carbocycles. The fraction of sp³-hybridized carbons (Fsp3) is 0.455. The molecule has 0 spiro atoms. The van der Waals surface area contributed by atoms with Crippen molar-refractivity contribution in [3.8, 4) is 42.8 Å². The Balaban J connectivity index is 0.000000325. The van der Waals surface area contributed by atoms with E-state index in [1.807, 2.05) is 11.3 Å². The highest BCUT2D eigenvalue weighted by Crippen LogP contribution is 2.55. The molecule has 0 saturated heterocycles. The van der Waals surface area contributed by atoms with Gasteiger partial charge in [-0.05, 0) is 187 Å². The second-order valence-corrected chi connectivity index (χ2v) is 25.7. The van der Waals surface area contributed by atoms with Crippen molar-refractivity contribution >= 4 is 34.6 Å². The first-order valence-corrected chi connectivity index (χ1v) is 33.8. The molecule has 7 rings (SSSR count). The van der Waals surface area contributed by atoms with Crippen LogP contribution in [0, 0.1) is 6.92 Å². The second-order valence-electron chi connectivity index (χ2n) is 23.6. The molecule has 0 N–H and O–H groups in total. The molecular formula is C77H100O6S2. The summed E-state index contributed by atoms with van der Waals surface area (Å²) >= 11 is 3.64. The molecule has 0 unspecified atom stereocenters. The van der Waals surface area contributed by atoms with Crippen molar-refractivity contribution in [2.45, 2.75) is 212 Å². The summed E-state index contributed by atoms with van der Waals surface area (Å²) in [7, 11) is 0. The number of benzene rings is 4. The van der Waals surface area contributed by atoms with Crippen molar-refractivity contribution in [3.63, 3.8) is 0 Å². The van der Waals surface area contributed by atoms with Crippen molar-refractivity contribution in [2.75, 3.05) is 13.2 Å². The van der Waals surface area contributed by atoms with E-state index in [4.69, 9.17) is 18.9 Å². The van der Waals surface area contributed by atoms with Gasteiger partial charge in [-0.1, -0.05) is 199 Å². The fourth-order valence-electron chi connectivity index (χ4n) is 11.7. The maximum atomic E-state index is 11.9. The van der Waals surface area contributed by atoms with Gasteiger partial charge in [0.1, 0.15) is 23.7 Å². The summed E-state index contributed by atoms with van der Waals surface area (Å²) in [5.41, 5.74) is 11.3. The standard InChI is InChI=1S/C51H66O3S.C26H34O3S/c1-8-12-33-51(34-13-9-2)44-30-26-40(37-45(44)50(6,7)43-29-23-38(5)36-46(43)51)48-32-31-47(55-48)39-24-27-42(28-25-39)53-35-21-19-17-15-14-16-18-20-22-49(52)54-41(10-3)11-4;1-3-23(4-2)29-26(27)15-11-9-7-5-6-8-10-12-20-28-24-18-16-22(17-19-24)25-14-13-21-30-25/h10-11,23-32,36-37,41H,3-4,8-9,12-22,33-35H2,1-2,5-7H3;3-4,13-14,16-19,21,23H,1-2,5-12,15,20H2. The Bertz CT molecular complexity index is 2920. The Morgan fingerprint density at radius 2 is 0.906 bits per heavy atom. The van der Waals surface area contributed by atoms with E-state index in [1.165, 1.54) is 144 Å². The lowest BCUT2D eigenvalue weighted by Gasteiger charge is -2.48. The van der Waals surface area contributed by atoms with Crippen LogP contribution in [0.25, 0.3) is 31.3 Å². The van der Waals surface area contributed by atoms with Gasteiger partial charge in [0.15, 0.2) is 0 Å². The monoisotopic (exact) mass is 1180 g/mol. The Morgan fingerprint density at radius 3 is 1.36 bits per heavy atom. The molecule has 8 heteroatoms. The zero-order chi connectivity index (χ0) is 60.7. The zero-order valence-corrected chi connectivity index (χ0v) is 54.0. The predicted molar refractivity (Wildman–Crippen MR) is 363 cm³/mol. The molecule has 0 atom stereocenters. The average Bonchev–Trinajstić information content (AvgIpc) is 1.02. The molecule has 0 fully saturated rings. The van der Waals surface area contributed by atoms with E-state index in [-0.39, 0.29) is 35.0 Å². The van der Waals surface area contributed by atoms with E-state index in [0.29, 0.717) is 12.8 Å². The number of carbonyl (C=O) groups is 2.